The molecule has 0 radical (unpaired) electrons. The fourth-order valence-electron chi connectivity index (χ4n) is 1.50. The second-order valence-corrected chi connectivity index (χ2v) is 4.83. The summed E-state index contributed by atoms with van der Waals surface area (Å²) in [6.45, 7) is 0.234. The number of thiophene rings is 1. The number of amides is 1. The van der Waals surface area contributed by atoms with Gasteiger partial charge in [0.15, 0.2) is 0 Å². The standard InChI is InChI=1S/C13H13N3O2S/c1-16-8-11(15-9-16)13(18)14-7-12-10(3-2-5-17)4-6-19-12/h4,6,8-9,17H,5,7H2,1H3,(H,14,18). The molecule has 19 heavy (non-hydrogen) atoms. The zero-order chi connectivity index (χ0) is 13.7. The van der Waals surface area contributed by atoms with E-state index in [2.05, 4.69) is 22.1 Å². The van der Waals surface area contributed by atoms with Crippen molar-refractivity contribution in [3.8, 4) is 11.8 Å². The number of rotatable bonds is 3. The van der Waals surface area contributed by atoms with Crippen LogP contribution < -0.4 is 5.32 Å². The maximum absolute atomic E-state index is 11.8. The van der Waals surface area contributed by atoms with Crippen LogP contribution in [0, 0.1) is 11.8 Å². The van der Waals surface area contributed by atoms with Crippen LogP contribution in [0.1, 0.15) is 20.9 Å². The Morgan fingerprint density at radius 3 is 3.16 bits per heavy atom. The Morgan fingerprint density at radius 1 is 1.63 bits per heavy atom. The SMILES string of the molecule is Cn1cnc(C(=O)NCc2sccc2C#CCO)c1. The summed E-state index contributed by atoms with van der Waals surface area (Å²) in [6, 6.07) is 1.87. The van der Waals surface area contributed by atoms with Gasteiger partial charge in [-0.1, -0.05) is 11.8 Å². The summed E-state index contributed by atoms with van der Waals surface area (Å²) >= 11 is 1.52. The number of carbonyl (C=O) groups excluding carboxylic acids is 1. The van der Waals surface area contributed by atoms with E-state index in [9.17, 15) is 4.79 Å². The molecule has 0 saturated heterocycles. The average molecular weight is 275 g/mol. The molecule has 0 atom stereocenters. The van der Waals surface area contributed by atoms with Gasteiger partial charge in [0.1, 0.15) is 12.3 Å². The van der Waals surface area contributed by atoms with Crippen LogP contribution in [0.15, 0.2) is 24.0 Å². The van der Waals surface area contributed by atoms with Crippen LogP contribution in [0.25, 0.3) is 0 Å². The summed E-state index contributed by atoms with van der Waals surface area (Å²) in [7, 11) is 1.81. The zero-order valence-electron chi connectivity index (χ0n) is 10.4. The third-order valence-corrected chi connectivity index (χ3v) is 3.32. The molecule has 2 heterocycles. The van der Waals surface area contributed by atoms with Crippen LogP contribution in [0.2, 0.25) is 0 Å². The van der Waals surface area contributed by atoms with Gasteiger partial charge in [0.2, 0.25) is 0 Å². The summed E-state index contributed by atoms with van der Waals surface area (Å²) < 4.78 is 1.72. The second-order valence-electron chi connectivity index (χ2n) is 3.82. The van der Waals surface area contributed by atoms with Crippen LogP contribution in [0.3, 0.4) is 0 Å². The van der Waals surface area contributed by atoms with E-state index in [1.807, 2.05) is 18.5 Å². The van der Waals surface area contributed by atoms with Crippen molar-refractivity contribution < 1.29 is 9.90 Å². The van der Waals surface area contributed by atoms with Crippen LogP contribution in [0.5, 0.6) is 0 Å². The van der Waals surface area contributed by atoms with Gasteiger partial charge < -0.3 is 15.0 Å². The number of imidazole rings is 1. The van der Waals surface area contributed by atoms with Gasteiger partial charge in [-0.25, -0.2) is 4.98 Å². The Kier molecular flexibility index (Phi) is 4.34. The molecule has 2 rings (SSSR count). The minimum Gasteiger partial charge on any atom is -0.384 e. The maximum Gasteiger partial charge on any atom is 0.271 e. The van der Waals surface area contributed by atoms with Crippen LogP contribution in [-0.4, -0.2) is 27.2 Å². The highest BCUT2D eigenvalue weighted by Gasteiger charge is 2.09. The summed E-state index contributed by atoms with van der Waals surface area (Å²) in [5.74, 6) is 5.23. The molecule has 0 saturated carbocycles. The van der Waals surface area contributed by atoms with Gasteiger partial charge >= 0.3 is 0 Å². The number of hydrogen-bond acceptors (Lipinski definition) is 4. The third kappa shape index (κ3) is 3.44. The molecule has 5 nitrogen and oxygen atoms in total. The van der Waals surface area contributed by atoms with Gasteiger partial charge in [0.05, 0.1) is 12.9 Å². The van der Waals surface area contributed by atoms with Crippen molar-refractivity contribution in [2.75, 3.05) is 6.61 Å². The molecule has 1 amide bonds. The predicted molar refractivity (Wildman–Crippen MR) is 72.7 cm³/mol. The van der Waals surface area contributed by atoms with Crippen LogP contribution in [0.4, 0.5) is 0 Å². The summed E-state index contributed by atoms with van der Waals surface area (Å²) in [5, 5.41) is 13.4. The minimum absolute atomic E-state index is 0.171. The monoisotopic (exact) mass is 275 g/mol. The minimum atomic E-state index is -0.213. The fraction of sp³-hybridized carbons (Fsp3) is 0.231. The smallest absolute Gasteiger partial charge is 0.271 e. The Labute approximate surface area is 114 Å². The lowest BCUT2D eigenvalue weighted by Crippen LogP contribution is -2.23. The van der Waals surface area contributed by atoms with Crippen molar-refractivity contribution in [1.29, 1.82) is 0 Å². The van der Waals surface area contributed by atoms with Crippen molar-refractivity contribution in [3.05, 3.63) is 40.1 Å². The Bertz CT molecular complexity index is 634. The first-order valence-electron chi connectivity index (χ1n) is 5.63. The van der Waals surface area contributed by atoms with Crippen molar-refractivity contribution in [2.45, 2.75) is 6.54 Å². The molecular formula is C13H13N3O2S. The highest BCUT2D eigenvalue weighted by atomic mass is 32.1. The van der Waals surface area contributed by atoms with E-state index in [1.54, 1.807) is 17.1 Å². The Morgan fingerprint density at radius 2 is 2.47 bits per heavy atom. The van der Waals surface area contributed by atoms with E-state index in [1.165, 1.54) is 11.3 Å². The molecule has 0 aliphatic carbocycles. The molecule has 2 aromatic heterocycles. The largest absolute Gasteiger partial charge is 0.384 e. The van der Waals surface area contributed by atoms with Crippen molar-refractivity contribution in [2.24, 2.45) is 7.05 Å². The van der Waals surface area contributed by atoms with Crippen molar-refractivity contribution >= 4 is 17.2 Å². The van der Waals surface area contributed by atoms with E-state index >= 15 is 0 Å². The van der Waals surface area contributed by atoms with Crippen LogP contribution >= 0.6 is 11.3 Å². The van der Waals surface area contributed by atoms with E-state index in [0.29, 0.717) is 12.2 Å². The molecule has 0 fully saturated rings. The van der Waals surface area contributed by atoms with Crippen molar-refractivity contribution in [3.63, 3.8) is 0 Å². The van der Waals surface area contributed by atoms with Gasteiger partial charge in [-0.3, -0.25) is 4.79 Å². The highest BCUT2D eigenvalue weighted by Crippen LogP contribution is 2.15. The molecule has 2 aromatic rings. The summed E-state index contributed by atoms with van der Waals surface area (Å²) in [6.07, 6.45) is 3.24. The second kappa shape index (κ2) is 6.18. The molecule has 0 bridgehead atoms. The predicted octanol–water partition coefficient (Wildman–Crippen LogP) is 0.755. The number of aryl methyl sites for hydroxylation is 1. The normalized spacial score (nSPS) is 9.79. The third-order valence-electron chi connectivity index (χ3n) is 2.39. The quantitative estimate of drug-likeness (QED) is 0.813. The lowest BCUT2D eigenvalue weighted by molar-refractivity contribution is 0.0946. The number of aliphatic hydroxyl groups is 1. The molecule has 98 valence electrons. The van der Waals surface area contributed by atoms with Gasteiger partial charge in [0.25, 0.3) is 5.91 Å². The number of carbonyl (C=O) groups is 1. The lowest BCUT2D eigenvalue weighted by atomic mass is 10.2. The zero-order valence-corrected chi connectivity index (χ0v) is 11.2. The Balaban J connectivity index is 1.99. The first kappa shape index (κ1) is 13.3. The van der Waals surface area contributed by atoms with Gasteiger partial charge in [-0.05, 0) is 11.4 Å². The summed E-state index contributed by atoms with van der Waals surface area (Å²) in [4.78, 5) is 16.8. The molecule has 0 aliphatic heterocycles. The van der Waals surface area contributed by atoms with Gasteiger partial charge in [-0.15, -0.1) is 11.3 Å². The molecule has 0 aromatic carbocycles. The van der Waals surface area contributed by atoms with Gasteiger partial charge in [0, 0.05) is 23.7 Å². The highest BCUT2D eigenvalue weighted by molar-refractivity contribution is 7.10. The van der Waals surface area contributed by atoms with Crippen molar-refractivity contribution in [1.82, 2.24) is 14.9 Å². The Hall–Kier alpha value is -2.10. The number of aliphatic hydroxyl groups excluding tert-OH is 1. The number of nitrogens with one attached hydrogen (secondary N) is 1. The van der Waals surface area contributed by atoms with E-state index in [-0.39, 0.29) is 12.5 Å². The molecule has 0 unspecified atom stereocenters. The van der Waals surface area contributed by atoms with E-state index < -0.39 is 0 Å². The molecule has 0 spiro atoms. The number of hydrogen-bond donors (Lipinski definition) is 2. The first-order chi connectivity index (χ1) is 9.20. The molecule has 0 aliphatic rings. The van der Waals surface area contributed by atoms with Gasteiger partial charge in [-0.2, -0.15) is 0 Å². The topological polar surface area (TPSA) is 67.2 Å². The maximum atomic E-state index is 11.8. The summed E-state index contributed by atoms with van der Waals surface area (Å²) in [5.41, 5.74) is 1.22. The number of nitrogens with zero attached hydrogens (tertiary/aromatic N) is 2. The fourth-order valence-corrected chi connectivity index (χ4v) is 2.27. The van der Waals surface area contributed by atoms with Crippen LogP contribution in [-0.2, 0) is 13.6 Å². The lowest BCUT2D eigenvalue weighted by Gasteiger charge is -2.01. The van der Waals surface area contributed by atoms with E-state index in [0.717, 1.165) is 10.4 Å². The average Bonchev–Trinajstić information content (AvgIpc) is 3.02. The first-order valence-corrected chi connectivity index (χ1v) is 6.51. The molecule has 6 heteroatoms. The van der Waals surface area contributed by atoms with E-state index in [4.69, 9.17) is 5.11 Å². The molecule has 2 N–H and O–H groups in total. The molecular weight excluding hydrogens is 262 g/mol. The number of aromatic nitrogens is 2.